The van der Waals surface area contributed by atoms with Gasteiger partial charge in [0.15, 0.2) is 0 Å². The number of amides is 1. The molecule has 2 aliphatic rings. The first-order chi connectivity index (χ1) is 12.2. The zero-order valence-corrected chi connectivity index (χ0v) is 16.3. The minimum Gasteiger partial charge on any atom is -0.467 e. The number of aliphatic hydroxyl groups is 1. The molecule has 8 nitrogen and oxygen atoms in total. The van der Waals surface area contributed by atoms with E-state index >= 15 is 0 Å². The van der Waals surface area contributed by atoms with Gasteiger partial charge >= 0.3 is 12.1 Å². The van der Waals surface area contributed by atoms with Gasteiger partial charge in [-0.25, -0.2) is 9.59 Å². The Morgan fingerprint density at radius 3 is 2.46 bits per heavy atom. The van der Waals surface area contributed by atoms with Gasteiger partial charge in [-0.2, -0.15) is 0 Å². The highest BCUT2D eigenvalue weighted by Crippen LogP contribution is 2.24. The van der Waals surface area contributed by atoms with Crippen LogP contribution in [0, 0.1) is 0 Å². The Kier molecular flexibility index (Phi) is 7.25. The van der Waals surface area contributed by atoms with Crippen LogP contribution in [0.2, 0.25) is 0 Å². The number of likely N-dealkylation sites (tertiary alicyclic amines) is 2. The highest BCUT2D eigenvalue weighted by atomic mass is 16.6. The maximum absolute atomic E-state index is 12.4. The number of rotatable bonds is 6. The van der Waals surface area contributed by atoms with E-state index in [1.165, 1.54) is 24.9 Å². The lowest BCUT2D eigenvalue weighted by Crippen LogP contribution is -2.44. The minimum absolute atomic E-state index is 0.178. The standard InChI is InChI=1S/C18H32N2O6/c1-18(2,3)26-17(23)20-11-14(9-15(20)16(22)24-4)25-12-13(21)10-19-7-5-6-8-19/h13-15,21H,5-12H2,1-4H3. The fraction of sp³-hybridized carbons (Fsp3) is 0.889. The van der Waals surface area contributed by atoms with Gasteiger partial charge in [0.05, 0.1) is 32.5 Å². The Morgan fingerprint density at radius 1 is 1.23 bits per heavy atom. The van der Waals surface area contributed by atoms with Gasteiger partial charge in [-0.15, -0.1) is 0 Å². The number of carbonyl (C=O) groups excluding carboxylic acids is 2. The summed E-state index contributed by atoms with van der Waals surface area (Å²) in [7, 11) is 1.30. The van der Waals surface area contributed by atoms with Crippen molar-refractivity contribution in [2.45, 2.75) is 63.9 Å². The molecule has 0 aromatic heterocycles. The Morgan fingerprint density at radius 2 is 1.88 bits per heavy atom. The van der Waals surface area contributed by atoms with Crippen LogP contribution in [0.1, 0.15) is 40.0 Å². The average Bonchev–Trinajstić information content (AvgIpc) is 3.20. The zero-order chi connectivity index (χ0) is 19.3. The molecule has 3 atom stereocenters. The topological polar surface area (TPSA) is 88.5 Å². The first kappa shape index (κ1) is 20.9. The lowest BCUT2D eigenvalue weighted by atomic mass is 10.2. The summed E-state index contributed by atoms with van der Waals surface area (Å²) in [6.07, 6.45) is 1.20. The number of aliphatic hydroxyl groups excluding tert-OH is 1. The number of hydrogen-bond acceptors (Lipinski definition) is 7. The van der Waals surface area contributed by atoms with E-state index in [-0.39, 0.29) is 19.3 Å². The van der Waals surface area contributed by atoms with Gasteiger partial charge in [0.1, 0.15) is 11.6 Å². The normalized spacial score (nSPS) is 25.3. The van der Waals surface area contributed by atoms with Crippen molar-refractivity contribution in [1.29, 1.82) is 0 Å². The third kappa shape index (κ3) is 6.10. The van der Waals surface area contributed by atoms with E-state index in [4.69, 9.17) is 14.2 Å². The van der Waals surface area contributed by atoms with Crippen LogP contribution in [-0.2, 0) is 19.0 Å². The van der Waals surface area contributed by atoms with Crippen molar-refractivity contribution in [1.82, 2.24) is 9.80 Å². The van der Waals surface area contributed by atoms with Crippen LogP contribution in [-0.4, -0.2) is 90.7 Å². The van der Waals surface area contributed by atoms with Gasteiger partial charge in [-0.1, -0.05) is 0 Å². The Bertz CT molecular complexity index is 487. The van der Waals surface area contributed by atoms with Crippen molar-refractivity contribution in [3.63, 3.8) is 0 Å². The molecule has 1 N–H and O–H groups in total. The molecule has 0 aromatic carbocycles. The van der Waals surface area contributed by atoms with E-state index in [0.29, 0.717) is 13.0 Å². The van der Waals surface area contributed by atoms with Gasteiger partial charge in [-0.3, -0.25) is 4.90 Å². The first-order valence-corrected chi connectivity index (χ1v) is 9.29. The predicted octanol–water partition coefficient (Wildman–Crippen LogP) is 1.01. The Labute approximate surface area is 155 Å². The molecule has 2 fully saturated rings. The van der Waals surface area contributed by atoms with Crippen molar-refractivity contribution in [3.05, 3.63) is 0 Å². The van der Waals surface area contributed by atoms with Gasteiger partial charge in [0.25, 0.3) is 0 Å². The quantitative estimate of drug-likeness (QED) is 0.696. The third-order valence-corrected chi connectivity index (χ3v) is 4.56. The SMILES string of the molecule is COC(=O)C1CC(OCC(O)CN2CCCC2)CN1C(=O)OC(C)(C)C. The van der Waals surface area contributed by atoms with Crippen molar-refractivity contribution in [3.8, 4) is 0 Å². The van der Waals surface area contributed by atoms with Crippen molar-refractivity contribution in [2.24, 2.45) is 0 Å². The minimum atomic E-state index is -0.726. The lowest BCUT2D eigenvalue weighted by molar-refractivity contribution is -0.145. The molecule has 0 bridgehead atoms. The fourth-order valence-corrected chi connectivity index (χ4v) is 3.36. The number of nitrogens with zero attached hydrogens (tertiary/aromatic N) is 2. The van der Waals surface area contributed by atoms with E-state index < -0.39 is 29.8 Å². The molecule has 2 rings (SSSR count). The molecule has 2 saturated heterocycles. The predicted molar refractivity (Wildman–Crippen MR) is 94.8 cm³/mol. The maximum Gasteiger partial charge on any atom is 0.411 e. The monoisotopic (exact) mass is 372 g/mol. The number of methoxy groups -OCH3 is 1. The Hall–Kier alpha value is -1.38. The second-order valence-electron chi connectivity index (χ2n) is 8.02. The molecule has 0 radical (unpaired) electrons. The molecule has 0 aromatic rings. The van der Waals surface area contributed by atoms with Crippen LogP contribution >= 0.6 is 0 Å². The number of esters is 1. The molecule has 0 spiro atoms. The van der Waals surface area contributed by atoms with Crippen molar-refractivity contribution >= 4 is 12.1 Å². The van der Waals surface area contributed by atoms with E-state index in [1.807, 2.05) is 0 Å². The molecule has 150 valence electrons. The summed E-state index contributed by atoms with van der Waals surface area (Å²) in [5, 5.41) is 10.2. The molecule has 0 aliphatic carbocycles. The maximum atomic E-state index is 12.4. The summed E-state index contributed by atoms with van der Waals surface area (Å²) >= 11 is 0. The van der Waals surface area contributed by atoms with E-state index in [1.54, 1.807) is 20.8 Å². The molecule has 26 heavy (non-hydrogen) atoms. The highest BCUT2D eigenvalue weighted by Gasteiger charge is 2.42. The fourth-order valence-electron chi connectivity index (χ4n) is 3.36. The number of hydrogen-bond donors (Lipinski definition) is 1. The summed E-state index contributed by atoms with van der Waals surface area (Å²) < 4.78 is 16.0. The third-order valence-electron chi connectivity index (χ3n) is 4.56. The van der Waals surface area contributed by atoms with Crippen LogP contribution in [0.15, 0.2) is 0 Å². The van der Waals surface area contributed by atoms with Gasteiger partial charge in [-0.05, 0) is 46.7 Å². The van der Waals surface area contributed by atoms with E-state index in [0.717, 1.165) is 13.1 Å². The second-order valence-corrected chi connectivity index (χ2v) is 8.02. The first-order valence-electron chi connectivity index (χ1n) is 9.29. The van der Waals surface area contributed by atoms with E-state index in [2.05, 4.69) is 4.90 Å². The average molecular weight is 372 g/mol. The molecular formula is C18H32N2O6. The number of β-amino-alcohol motifs (C(OH)–C–C–N with tert-alkyl or cyclic N) is 1. The summed E-state index contributed by atoms with van der Waals surface area (Å²) in [4.78, 5) is 28.0. The molecule has 8 heteroatoms. The van der Waals surface area contributed by atoms with Crippen molar-refractivity contribution in [2.75, 3.05) is 39.9 Å². The van der Waals surface area contributed by atoms with Crippen LogP contribution < -0.4 is 0 Å². The van der Waals surface area contributed by atoms with Gasteiger partial charge in [0, 0.05) is 13.0 Å². The van der Waals surface area contributed by atoms with Crippen LogP contribution in [0.25, 0.3) is 0 Å². The van der Waals surface area contributed by atoms with Crippen molar-refractivity contribution < 1.29 is 28.9 Å². The van der Waals surface area contributed by atoms with Crippen LogP contribution in [0.5, 0.6) is 0 Å². The molecular weight excluding hydrogens is 340 g/mol. The smallest absolute Gasteiger partial charge is 0.411 e. The summed E-state index contributed by atoms with van der Waals surface area (Å²) in [5.74, 6) is -0.487. The molecule has 3 unspecified atom stereocenters. The molecule has 2 aliphatic heterocycles. The number of ether oxygens (including phenoxy) is 3. The van der Waals surface area contributed by atoms with Crippen LogP contribution in [0.4, 0.5) is 4.79 Å². The second kappa shape index (κ2) is 9.01. The summed E-state index contributed by atoms with van der Waals surface area (Å²) in [5.41, 5.74) is -0.650. The largest absolute Gasteiger partial charge is 0.467 e. The molecule has 0 saturated carbocycles. The number of carbonyl (C=O) groups is 2. The molecule has 2 heterocycles. The van der Waals surface area contributed by atoms with E-state index in [9.17, 15) is 14.7 Å². The lowest BCUT2D eigenvalue weighted by Gasteiger charge is -2.27. The van der Waals surface area contributed by atoms with Gasteiger partial charge in [0.2, 0.25) is 0 Å². The summed E-state index contributed by atoms with van der Waals surface area (Å²) in [6.45, 7) is 8.35. The van der Waals surface area contributed by atoms with Gasteiger partial charge < -0.3 is 24.2 Å². The highest BCUT2D eigenvalue weighted by molar-refractivity contribution is 5.82. The summed E-state index contributed by atoms with van der Waals surface area (Å²) in [6, 6.07) is -0.726. The van der Waals surface area contributed by atoms with Crippen LogP contribution in [0.3, 0.4) is 0 Å². The zero-order valence-electron chi connectivity index (χ0n) is 16.3. The molecule has 1 amide bonds. The Balaban J connectivity index is 1.87.